The van der Waals surface area contributed by atoms with Crippen molar-refractivity contribution in [1.82, 2.24) is 13.9 Å². The molecule has 0 N–H and O–H groups in total. The molecule has 0 aliphatic heterocycles. The van der Waals surface area contributed by atoms with Gasteiger partial charge < -0.3 is 4.90 Å². The maximum atomic E-state index is 13.9. The lowest BCUT2D eigenvalue weighted by Crippen LogP contribution is -2.37. The Kier molecular flexibility index (Phi) is 5.53. The van der Waals surface area contributed by atoms with Crippen molar-refractivity contribution in [3.05, 3.63) is 68.7 Å². The fraction of sp³-hybridized carbons (Fsp3) is 0.227. The number of halogens is 1. The van der Waals surface area contributed by atoms with E-state index in [0.29, 0.717) is 44.0 Å². The van der Waals surface area contributed by atoms with E-state index in [9.17, 15) is 14.0 Å². The van der Waals surface area contributed by atoms with Crippen molar-refractivity contribution in [1.29, 1.82) is 0 Å². The molecule has 0 spiro atoms. The summed E-state index contributed by atoms with van der Waals surface area (Å²) in [6.07, 6.45) is 0. The van der Waals surface area contributed by atoms with Crippen LogP contribution in [-0.2, 0) is 11.3 Å². The summed E-state index contributed by atoms with van der Waals surface area (Å²) in [6.45, 7) is 4.81. The molecule has 5 nitrogen and oxygen atoms in total. The highest BCUT2D eigenvalue weighted by Crippen LogP contribution is 2.33. The molecule has 4 aromatic rings. The van der Waals surface area contributed by atoms with Gasteiger partial charge in [-0.1, -0.05) is 24.3 Å². The summed E-state index contributed by atoms with van der Waals surface area (Å²) in [5.74, 6) is -0.527. The lowest BCUT2D eigenvalue weighted by atomic mass is 10.2. The molecule has 4 rings (SSSR count). The van der Waals surface area contributed by atoms with Gasteiger partial charge in [-0.25, -0.2) is 4.39 Å². The number of aromatic nitrogens is 2. The number of likely N-dealkylation sites (N-methyl/N-ethyl adjacent to an activating group) is 1. The van der Waals surface area contributed by atoms with E-state index in [1.165, 1.54) is 28.0 Å². The zero-order valence-electron chi connectivity index (χ0n) is 16.6. The minimum absolute atomic E-state index is 0.108. The van der Waals surface area contributed by atoms with Crippen LogP contribution < -0.4 is 5.56 Å². The van der Waals surface area contributed by atoms with Crippen molar-refractivity contribution in [3.8, 4) is 10.4 Å². The van der Waals surface area contributed by atoms with E-state index in [0.717, 1.165) is 0 Å². The Morgan fingerprint density at radius 1 is 1.13 bits per heavy atom. The van der Waals surface area contributed by atoms with Crippen LogP contribution in [0.2, 0.25) is 0 Å². The van der Waals surface area contributed by atoms with E-state index < -0.39 is 0 Å². The Labute approximate surface area is 181 Å². The van der Waals surface area contributed by atoms with Crippen molar-refractivity contribution in [2.45, 2.75) is 20.4 Å². The normalized spacial score (nSPS) is 11.3. The molecule has 0 fully saturated rings. The van der Waals surface area contributed by atoms with Crippen molar-refractivity contribution >= 4 is 46.0 Å². The van der Waals surface area contributed by atoms with E-state index >= 15 is 0 Å². The monoisotopic (exact) mass is 441 g/mol. The minimum Gasteiger partial charge on any atom is -0.342 e. The maximum Gasteiger partial charge on any atom is 0.262 e. The van der Waals surface area contributed by atoms with Gasteiger partial charge in [0.25, 0.3) is 5.56 Å². The number of thiazole rings is 1. The van der Waals surface area contributed by atoms with E-state index in [4.69, 9.17) is 12.2 Å². The lowest BCUT2D eigenvalue weighted by molar-refractivity contribution is -0.131. The molecule has 2 aromatic carbocycles. The predicted octanol–water partition coefficient (Wildman–Crippen LogP) is 4.72. The summed E-state index contributed by atoms with van der Waals surface area (Å²) < 4.78 is 17.8. The second-order valence-electron chi connectivity index (χ2n) is 6.84. The standard InChI is InChI=1S/C22H20FN3O2S2/c1-3-24(4-2)18(27)13-25-20-19(14-8-7-9-15(23)12-14)30-22(29)26(20)17-11-6-5-10-16(17)21(25)28/h5-12H,3-4,13H2,1-2H3. The smallest absolute Gasteiger partial charge is 0.262 e. The number of para-hydroxylation sites is 1. The van der Waals surface area contributed by atoms with Crippen LogP contribution in [-0.4, -0.2) is 32.9 Å². The Morgan fingerprint density at radius 3 is 2.57 bits per heavy atom. The van der Waals surface area contributed by atoms with Crippen LogP contribution in [0.15, 0.2) is 53.3 Å². The summed E-state index contributed by atoms with van der Waals surface area (Å²) in [5.41, 5.74) is 1.54. The van der Waals surface area contributed by atoms with Crippen molar-refractivity contribution in [2.75, 3.05) is 13.1 Å². The minimum atomic E-state index is -0.376. The van der Waals surface area contributed by atoms with Gasteiger partial charge in [0.05, 0.1) is 15.8 Å². The molecule has 0 saturated carbocycles. The molecule has 0 aliphatic rings. The molecule has 0 unspecified atom stereocenters. The Morgan fingerprint density at radius 2 is 1.87 bits per heavy atom. The Balaban J connectivity index is 2.10. The molecule has 0 saturated heterocycles. The fourth-order valence-corrected chi connectivity index (χ4v) is 5.11. The first-order valence-electron chi connectivity index (χ1n) is 9.67. The number of fused-ring (bicyclic) bond motifs is 3. The maximum absolute atomic E-state index is 13.9. The Hall–Kier alpha value is -2.84. The summed E-state index contributed by atoms with van der Waals surface area (Å²) in [5, 5.41) is 0.483. The molecule has 8 heteroatoms. The quantitative estimate of drug-likeness (QED) is 0.421. The third-order valence-corrected chi connectivity index (χ3v) is 6.57. The number of hydrogen-bond acceptors (Lipinski definition) is 4. The first kappa shape index (κ1) is 20.4. The highest BCUT2D eigenvalue weighted by molar-refractivity contribution is 7.73. The van der Waals surface area contributed by atoms with Gasteiger partial charge in [-0.05, 0) is 55.9 Å². The van der Waals surface area contributed by atoms with Gasteiger partial charge in [-0.3, -0.25) is 18.6 Å². The highest BCUT2D eigenvalue weighted by atomic mass is 32.1. The molecule has 0 radical (unpaired) electrons. The summed E-state index contributed by atoms with van der Waals surface area (Å²) in [4.78, 5) is 28.6. The molecule has 2 heterocycles. The van der Waals surface area contributed by atoms with Crippen LogP contribution in [0.25, 0.3) is 27.0 Å². The lowest BCUT2D eigenvalue weighted by Gasteiger charge is -2.20. The van der Waals surface area contributed by atoms with Gasteiger partial charge in [-0.15, -0.1) is 11.3 Å². The largest absolute Gasteiger partial charge is 0.342 e. The van der Waals surface area contributed by atoms with E-state index in [1.807, 2.05) is 30.4 Å². The molecule has 0 atom stereocenters. The van der Waals surface area contributed by atoms with Crippen LogP contribution >= 0.6 is 23.6 Å². The number of rotatable bonds is 5. The molecule has 0 bridgehead atoms. The topological polar surface area (TPSA) is 46.7 Å². The van der Waals surface area contributed by atoms with Crippen LogP contribution in [0.4, 0.5) is 4.39 Å². The zero-order valence-corrected chi connectivity index (χ0v) is 18.2. The first-order valence-corrected chi connectivity index (χ1v) is 10.9. The highest BCUT2D eigenvalue weighted by Gasteiger charge is 2.21. The molecule has 0 aliphatic carbocycles. The average Bonchev–Trinajstić information content (AvgIpc) is 3.09. The van der Waals surface area contributed by atoms with E-state index in [-0.39, 0.29) is 23.8 Å². The van der Waals surface area contributed by atoms with Gasteiger partial charge in [0.15, 0.2) is 3.95 Å². The van der Waals surface area contributed by atoms with Crippen LogP contribution in [0, 0.1) is 9.77 Å². The molecular formula is C22H20FN3O2S2. The number of carbonyl (C=O) groups excluding carboxylic acids is 1. The van der Waals surface area contributed by atoms with Crippen LogP contribution in [0.3, 0.4) is 0 Å². The summed E-state index contributed by atoms with van der Waals surface area (Å²) in [7, 11) is 0. The molecule has 2 aromatic heterocycles. The number of carbonyl (C=O) groups is 1. The number of nitrogens with zero attached hydrogens (tertiary/aromatic N) is 3. The third kappa shape index (κ3) is 3.36. The number of hydrogen-bond donors (Lipinski definition) is 0. The molecule has 30 heavy (non-hydrogen) atoms. The first-order chi connectivity index (χ1) is 14.5. The average molecular weight is 442 g/mol. The predicted molar refractivity (Wildman–Crippen MR) is 121 cm³/mol. The zero-order chi connectivity index (χ0) is 21.4. The van der Waals surface area contributed by atoms with Gasteiger partial charge in [0, 0.05) is 13.1 Å². The molecular weight excluding hydrogens is 421 g/mol. The molecule has 154 valence electrons. The van der Waals surface area contributed by atoms with Gasteiger partial charge in [0.2, 0.25) is 5.91 Å². The van der Waals surface area contributed by atoms with Crippen molar-refractivity contribution in [3.63, 3.8) is 0 Å². The van der Waals surface area contributed by atoms with Crippen molar-refractivity contribution < 1.29 is 9.18 Å². The van der Waals surface area contributed by atoms with Gasteiger partial charge >= 0.3 is 0 Å². The number of benzene rings is 2. The second kappa shape index (κ2) is 8.12. The summed E-state index contributed by atoms with van der Waals surface area (Å²) >= 11 is 6.93. The van der Waals surface area contributed by atoms with E-state index in [1.54, 1.807) is 29.2 Å². The second-order valence-corrected chi connectivity index (χ2v) is 8.49. The third-order valence-electron chi connectivity index (χ3n) is 5.16. The van der Waals surface area contributed by atoms with E-state index in [2.05, 4.69) is 0 Å². The van der Waals surface area contributed by atoms with Gasteiger partial charge in [-0.2, -0.15) is 0 Å². The van der Waals surface area contributed by atoms with Gasteiger partial charge in [0.1, 0.15) is 18.0 Å². The fourth-order valence-electron chi connectivity index (χ4n) is 3.69. The number of amides is 1. The molecule has 1 amide bonds. The van der Waals surface area contributed by atoms with Crippen LogP contribution in [0.5, 0.6) is 0 Å². The Bertz CT molecular complexity index is 1380. The van der Waals surface area contributed by atoms with Crippen molar-refractivity contribution in [2.24, 2.45) is 0 Å². The summed E-state index contributed by atoms with van der Waals surface area (Å²) in [6, 6.07) is 13.4. The SMILES string of the molecule is CCN(CC)C(=O)Cn1c(=O)c2ccccc2n2c(=S)sc(-c3cccc(F)c3)c12. The van der Waals surface area contributed by atoms with Crippen LogP contribution in [0.1, 0.15) is 13.8 Å².